The molecule has 0 radical (unpaired) electrons. The number of nitrogens with two attached hydrogens (primary N) is 1. The van der Waals surface area contributed by atoms with Crippen LogP contribution in [0.15, 0.2) is 0 Å². The first-order valence-corrected chi connectivity index (χ1v) is 4.18. The van der Waals surface area contributed by atoms with Crippen molar-refractivity contribution in [3.8, 4) is 0 Å². The summed E-state index contributed by atoms with van der Waals surface area (Å²) < 4.78 is 25.1. The maximum atomic E-state index is 12.5. The Morgan fingerprint density at radius 3 is 2.00 bits per heavy atom. The molecule has 0 aromatic rings. The molecule has 2 N–H and O–H groups in total. The second kappa shape index (κ2) is 3.37. The molecule has 0 aliphatic heterocycles. The van der Waals surface area contributed by atoms with Crippen molar-refractivity contribution in [2.24, 2.45) is 11.1 Å². The number of amides is 1. The third kappa shape index (κ3) is 1.42. The second-order valence-corrected chi connectivity index (χ2v) is 3.38. The van der Waals surface area contributed by atoms with Gasteiger partial charge in [0.05, 0.1) is 0 Å². The van der Waals surface area contributed by atoms with E-state index in [1.54, 1.807) is 0 Å². The van der Waals surface area contributed by atoms with Gasteiger partial charge in [0.1, 0.15) is 5.41 Å². The van der Waals surface area contributed by atoms with Gasteiger partial charge in [-0.3, -0.25) is 4.79 Å². The Hall–Kier alpha value is -0.670. The van der Waals surface area contributed by atoms with Crippen LogP contribution < -0.4 is 5.73 Å². The van der Waals surface area contributed by atoms with Gasteiger partial charge in [-0.05, 0) is 12.8 Å². The number of rotatable bonds is 2. The molecule has 1 fully saturated rings. The summed E-state index contributed by atoms with van der Waals surface area (Å²) in [4.78, 5) is 10.9. The molecule has 1 aliphatic rings. The van der Waals surface area contributed by atoms with Crippen molar-refractivity contribution in [1.82, 2.24) is 0 Å². The Bertz CT molecular complexity index is 176. The van der Waals surface area contributed by atoms with Crippen molar-refractivity contribution in [3.63, 3.8) is 0 Å². The molecule has 70 valence electrons. The summed E-state index contributed by atoms with van der Waals surface area (Å²) in [6.45, 7) is 0. The van der Waals surface area contributed by atoms with Gasteiger partial charge in [0.2, 0.25) is 5.91 Å². The minimum Gasteiger partial charge on any atom is -0.369 e. The standard InChI is InChI=1S/C8H13F2NO/c9-6(10)8(7(11)12)4-2-1-3-5-8/h6H,1-5H2,(H2,11,12). The van der Waals surface area contributed by atoms with Crippen LogP contribution in [0.1, 0.15) is 32.1 Å². The third-order valence-corrected chi connectivity index (χ3v) is 2.65. The maximum absolute atomic E-state index is 12.5. The summed E-state index contributed by atoms with van der Waals surface area (Å²) in [5.41, 5.74) is 3.47. The van der Waals surface area contributed by atoms with Crippen molar-refractivity contribution in [2.75, 3.05) is 0 Å². The third-order valence-electron chi connectivity index (χ3n) is 2.65. The van der Waals surface area contributed by atoms with E-state index < -0.39 is 17.7 Å². The first-order chi connectivity index (χ1) is 5.59. The SMILES string of the molecule is NC(=O)C1(C(F)F)CCCCC1. The van der Waals surface area contributed by atoms with Gasteiger partial charge in [-0.2, -0.15) is 0 Å². The minimum atomic E-state index is -2.60. The average Bonchev–Trinajstić information content (AvgIpc) is 2.05. The molecule has 1 rings (SSSR count). The van der Waals surface area contributed by atoms with Gasteiger partial charge in [-0.1, -0.05) is 19.3 Å². The molecule has 0 saturated heterocycles. The number of hydrogen-bond acceptors (Lipinski definition) is 1. The fraction of sp³-hybridized carbons (Fsp3) is 0.875. The van der Waals surface area contributed by atoms with E-state index in [9.17, 15) is 13.6 Å². The van der Waals surface area contributed by atoms with Crippen LogP contribution in [-0.2, 0) is 4.79 Å². The van der Waals surface area contributed by atoms with Crippen LogP contribution in [0, 0.1) is 5.41 Å². The van der Waals surface area contributed by atoms with E-state index in [0.717, 1.165) is 6.42 Å². The monoisotopic (exact) mass is 177 g/mol. The van der Waals surface area contributed by atoms with E-state index in [4.69, 9.17) is 5.73 Å². The highest BCUT2D eigenvalue weighted by atomic mass is 19.3. The van der Waals surface area contributed by atoms with Crippen molar-refractivity contribution in [3.05, 3.63) is 0 Å². The molecule has 0 atom stereocenters. The molecule has 0 bridgehead atoms. The lowest BCUT2D eigenvalue weighted by Crippen LogP contribution is -2.44. The van der Waals surface area contributed by atoms with Gasteiger partial charge in [-0.25, -0.2) is 8.78 Å². The van der Waals surface area contributed by atoms with Gasteiger partial charge >= 0.3 is 0 Å². The Labute approximate surface area is 70.1 Å². The van der Waals surface area contributed by atoms with Gasteiger partial charge in [0.25, 0.3) is 6.43 Å². The number of halogens is 2. The van der Waals surface area contributed by atoms with Crippen LogP contribution in [0.2, 0.25) is 0 Å². The fourth-order valence-corrected chi connectivity index (χ4v) is 1.75. The second-order valence-electron chi connectivity index (χ2n) is 3.38. The summed E-state index contributed by atoms with van der Waals surface area (Å²) in [5, 5.41) is 0. The molecule has 12 heavy (non-hydrogen) atoms. The lowest BCUT2D eigenvalue weighted by Gasteiger charge is -2.33. The maximum Gasteiger partial charge on any atom is 0.252 e. The molecule has 0 aromatic carbocycles. The molecule has 1 amide bonds. The van der Waals surface area contributed by atoms with Crippen molar-refractivity contribution in [1.29, 1.82) is 0 Å². The van der Waals surface area contributed by atoms with Crippen LogP contribution in [-0.4, -0.2) is 12.3 Å². The van der Waals surface area contributed by atoms with Gasteiger partial charge in [-0.15, -0.1) is 0 Å². The van der Waals surface area contributed by atoms with E-state index in [1.807, 2.05) is 0 Å². The molecule has 2 nitrogen and oxygen atoms in total. The fourth-order valence-electron chi connectivity index (χ4n) is 1.75. The molecular formula is C8H13F2NO. The first-order valence-electron chi connectivity index (χ1n) is 4.18. The molecule has 1 aliphatic carbocycles. The van der Waals surface area contributed by atoms with Gasteiger partial charge in [0.15, 0.2) is 0 Å². The predicted molar refractivity (Wildman–Crippen MR) is 40.7 cm³/mol. The number of primary amides is 1. The summed E-state index contributed by atoms with van der Waals surface area (Å²) in [6.07, 6.45) is 0.206. The molecule has 4 heteroatoms. The van der Waals surface area contributed by atoms with E-state index >= 15 is 0 Å². The topological polar surface area (TPSA) is 43.1 Å². The van der Waals surface area contributed by atoms with E-state index in [1.165, 1.54) is 0 Å². The normalized spacial score (nSPS) is 22.6. The molecule has 0 heterocycles. The van der Waals surface area contributed by atoms with Crippen molar-refractivity contribution >= 4 is 5.91 Å². The van der Waals surface area contributed by atoms with Crippen molar-refractivity contribution in [2.45, 2.75) is 38.5 Å². The summed E-state index contributed by atoms with van der Waals surface area (Å²) >= 11 is 0. The molecule has 0 unspecified atom stereocenters. The Balaban J connectivity index is 2.77. The van der Waals surface area contributed by atoms with Crippen LogP contribution in [0.4, 0.5) is 8.78 Å². The van der Waals surface area contributed by atoms with Crippen LogP contribution >= 0.6 is 0 Å². The number of carbonyl (C=O) groups excluding carboxylic acids is 1. The van der Waals surface area contributed by atoms with Crippen LogP contribution in [0.5, 0.6) is 0 Å². The zero-order valence-corrected chi connectivity index (χ0v) is 6.85. The zero-order valence-electron chi connectivity index (χ0n) is 6.85. The lowest BCUT2D eigenvalue weighted by molar-refractivity contribution is -0.140. The Morgan fingerprint density at radius 1 is 1.25 bits per heavy atom. The number of alkyl halides is 2. The first kappa shape index (κ1) is 9.42. The highest BCUT2D eigenvalue weighted by Gasteiger charge is 2.46. The number of hydrogen-bond donors (Lipinski definition) is 1. The smallest absolute Gasteiger partial charge is 0.252 e. The van der Waals surface area contributed by atoms with E-state index in [0.29, 0.717) is 12.8 Å². The molecule has 1 saturated carbocycles. The zero-order chi connectivity index (χ0) is 9.19. The largest absolute Gasteiger partial charge is 0.369 e. The number of carbonyl (C=O) groups is 1. The molecule has 0 spiro atoms. The van der Waals surface area contributed by atoms with Gasteiger partial charge < -0.3 is 5.73 Å². The molecule has 0 aromatic heterocycles. The predicted octanol–water partition coefficient (Wildman–Crippen LogP) is 1.69. The Morgan fingerprint density at radius 2 is 1.75 bits per heavy atom. The Kier molecular flexibility index (Phi) is 2.65. The lowest BCUT2D eigenvalue weighted by atomic mass is 9.74. The highest BCUT2D eigenvalue weighted by molar-refractivity contribution is 5.81. The van der Waals surface area contributed by atoms with Gasteiger partial charge in [0, 0.05) is 0 Å². The van der Waals surface area contributed by atoms with E-state index in [2.05, 4.69) is 0 Å². The van der Waals surface area contributed by atoms with E-state index in [-0.39, 0.29) is 12.8 Å². The quantitative estimate of drug-likeness (QED) is 0.685. The summed E-state index contributed by atoms with van der Waals surface area (Å²) in [7, 11) is 0. The van der Waals surface area contributed by atoms with Crippen molar-refractivity contribution < 1.29 is 13.6 Å². The summed E-state index contributed by atoms with van der Waals surface area (Å²) in [6, 6.07) is 0. The highest BCUT2D eigenvalue weighted by Crippen LogP contribution is 2.40. The molecular weight excluding hydrogens is 164 g/mol. The average molecular weight is 177 g/mol. The van der Waals surface area contributed by atoms with Crippen LogP contribution in [0.25, 0.3) is 0 Å². The summed E-state index contributed by atoms with van der Waals surface area (Å²) in [5.74, 6) is -0.836. The minimum absolute atomic E-state index is 0.250. The van der Waals surface area contributed by atoms with Crippen LogP contribution in [0.3, 0.4) is 0 Å².